The molecule has 0 spiro atoms. The molecular formula is C14H18ClN3O2. The minimum absolute atomic E-state index is 0.0433. The average molecular weight is 296 g/mol. The summed E-state index contributed by atoms with van der Waals surface area (Å²) in [6, 6.07) is 5.56. The van der Waals surface area contributed by atoms with Crippen molar-refractivity contribution in [2.75, 3.05) is 6.54 Å². The average Bonchev–Trinajstić information content (AvgIpc) is 3.25. The van der Waals surface area contributed by atoms with Gasteiger partial charge in [0.05, 0.1) is 0 Å². The SMILES string of the molecule is Cc1ccc(Cl)cc1C(=O)N(CC/C(N)=N/O)C1CC1. The molecule has 0 aromatic heterocycles. The summed E-state index contributed by atoms with van der Waals surface area (Å²) in [5.74, 6) is 0.0875. The number of nitrogens with zero attached hydrogens (tertiary/aromatic N) is 2. The largest absolute Gasteiger partial charge is 0.409 e. The lowest BCUT2D eigenvalue weighted by Crippen LogP contribution is -2.36. The van der Waals surface area contributed by atoms with E-state index in [0.29, 0.717) is 23.6 Å². The molecule has 0 unspecified atom stereocenters. The molecule has 108 valence electrons. The van der Waals surface area contributed by atoms with Crippen LogP contribution >= 0.6 is 11.6 Å². The fourth-order valence-electron chi connectivity index (χ4n) is 2.10. The minimum atomic E-state index is -0.0433. The number of hydrogen-bond acceptors (Lipinski definition) is 3. The van der Waals surface area contributed by atoms with Gasteiger partial charge in [0, 0.05) is 29.6 Å². The summed E-state index contributed by atoms with van der Waals surface area (Å²) in [4.78, 5) is 14.4. The number of halogens is 1. The number of rotatable bonds is 5. The first kappa shape index (κ1) is 14.7. The molecule has 1 aliphatic carbocycles. The summed E-state index contributed by atoms with van der Waals surface area (Å²) >= 11 is 5.97. The van der Waals surface area contributed by atoms with E-state index in [9.17, 15) is 4.79 Å². The second-order valence-corrected chi connectivity index (χ2v) is 5.47. The lowest BCUT2D eigenvalue weighted by Gasteiger charge is -2.23. The molecule has 0 bridgehead atoms. The van der Waals surface area contributed by atoms with Gasteiger partial charge in [0.15, 0.2) is 0 Å². The molecule has 0 saturated heterocycles. The number of hydrogen-bond donors (Lipinski definition) is 2. The second kappa shape index (κ2) is 6.13. The molecule has 0 atom stereocenters. The van der Waals surface area contributed by atoms with Gasteiger partial charge in [-0.3, -0.25) is 4.79 Å². The van der Waals surface area contributed by atoms with Gasteiger partial charge >= 0.3 is 0 Å². The molecular weight excluding hydrogens is 278 g/mol. The van der Waals surface area contributed by atoms with Crippen LogP contribution in [0.3, 0.4) is 0 Å². The van der Waals surface area contributed by atoms with Gasteiger partial charge in [0.2, 0.25) is 0 Å². The quantitative estimate of drug-likeness (QED) is 0.379. The Kier molecular flexibility index (Phi) is 4.49. The fourth-order valence-corrected chi connectivity index (χ4v) is 2.27. The second-order valence-electron chi connectivity index (χ2n) is 5.03. The Hall–Kier alpha value is -1.75. The Balaban J connectivity index is 2.16. The third-order valence-electron chi connectivity index (χ3n) is 3.42. The summed E-state index contributed by atoms with van der Waals surface area (Å²) in [6.07, 6.45) is 2.36. The van der Waals surface area contributed by atoms with Crippen molar-refractivity contribution in [2.24, 2.45) is 10.9 Å². The Morgan fingerprint density at radius 3 is 2.85 bits per heavy atom. The Morgan fingerprint density at radius 1 is 1.55 bits per heavy atom. The Morgan fingerprint density at radius 2 is 2.25 bits per heavy atom. The van der Waals surface area contributed by atoms with Crippen molar-refractivity contribution in [1.29, 1.82) is 0 Å². The maximum absolute atomic E-state index is 12.6. The van der Waals surface area contributed by atoms with Gasteiger partial charge in [-0.05, 0) is 37.5 Å². The lowest BCUT2D eigenvalue weighted by molar-refractivity contribution is 0.0746. The monoisotopic (exact) mass is 295 g/mol. The third-order valence-corrected chi connectivity index (χ3v) is 3.65. The van der Waals surface area contributed by atoms with E-state index in [1.807, 2.05) is 13.0 Å². The van der Waals surface area contributed by atoms with E-state index in [1.165, 1.54) is 0 Å². The zero-order chi connectivity index (χ0) is 14.7. The summed E-state index contributed by atoms with van der Waals surface area (Å²) < 4.78 is 0. The molecule has 1 amide bonds. The smallest absolute Gasteiger partial charge is 0.254 e. The summed E-state index contributed by atoms with van der Waals surface area (Å²) in [7, 11) is 0. The number of aryl methyl sites for hydroxylation is 1. The molecule has 1 aliphatic rings. The number of benzene rings is 1. The molecule has 1 aromatic rings. The first-order chi connectivity index (χ1) is 9.52. The van der Waals surface area contributed by atoms with E-state index in [4.69, 9.17) is 22.5 Å². The predicted octanol–water partition coefficient (Wildman–Crippen LogP) is 2.39. The van der Waals surface area contributed by atoms with E-state index in [-0.39, 0.29) is 17.8 Å². The highest BCUT2D eigenvalue weighted by atomic mass is 35.5. The van der Waals surface area contributed by atoms with Gasteiger partial charge in [0.25, 0.3) is 5.91 Å². The van der Waals surface area contributed by atoms with Crippen LogP contribution < -0.4 is 5.73 Å². The van der Waals surface area contributed by atoms with Crippen LogP contribution in [0.25, 0.3) is 0 Å². The van der Waals surface area contributed by atoms with Gasteiger partial charge in [-0.15, -0.1) is 0 Å². The molecule has 0 aliphatic heterocycles. The maximum atomic E-state index is 12.6. The van der Waals surface area contributed by atoms with Crippen LogP contribution in [0.4, 0.5) is 0 Å². The molecule has 0 radical (unpaired) electrons. The Bertz CT molecular complexity index is 541. The van der Waals surface area contributed by atoms with Crippen molar-refractivity contribution in [3.63, 3.8) is 0 Å². The number of carbonyl (C=O) groups excluding carboxylic acids is 1. The van der Waals surface area contributed by atoms with Crippen LogP contribution in [0.1, 0.15) is 35.2 Å². The number of amides is 1. The molecule has 6 heteroatoms. The summed E-state index contributed by atoms with van der Waals surface area (Å²) in [5.41, 5.74) is 6.99. The normalized spacial score (nSPS) is 15.2. The van der Waals surface area contributed by atoms with Crippen LogP contribution in [0, 0.1) is 6.92 Å². The molecule has 1 saturated carbocycles. The van der Waals surface area contributed by atoms with Gasteiger partial charge in [-0.2, -0.15) is 0 Å². The standard InChI is InChI=1S/C14H18ClN3O2/c1-9-2-3-10(15)8-12(9)14(19)18(11-4-5-11)7-6-13(16)17-20/h2-3,8,11,20H,4-7H2,1H3,(H2,16,17). The van der Waals surface area contributed by atoms with Gasteiger partial charge < -0.3 is 15.8 Å². The Labute approximate surface area is 123 Å². The molecule has 2 rings (SSSR count). The van der Waals surface area contributed by atoms with E-state index in [0.717, 1.165) is 18.4 Å². The molecule has 1 aromatic carbocycles. The number of amidine groups is 1. The van der Waals surface area contributed by atoms with E-state index in [1.54, 1.807) is 17.0 Å². The van der Waals surface area contributed by atoms with Crippen LogP contribution in [-0.2, 0) is 0 Å². The van der Waals surface area contributed by atoms with Crippen molar-refractivity contribution in [2.45, 2.75) is 32.2 Å². The van der Waals surface area contributed by atoms with E-state index < -0.39 is 0 Å². The maximum Gasteiger partial charge on any atom is 0.254 e. The third kappa shape index (κ3) is 3.42. The summed E-state index contributed by atoms with van der Waals surface area (Å²) in [6.45, 7) is 2.34. The van der Waals surface area contributed by atoms with Crippen LogP contribution in [0.2, 0.25) is 5.02 Å². The fraction of sp³-hybridized carbons (Fsp3) is 0.429. The summed E-state index contributed by atoms with van der Waals surface area (Å²) in [5, 5.41) is 12.1. The zero-order valence-electron chi connectivity index (χ0n) is 11.3. The predicted molar refractivity (Wildman–Crippen MR) is 78.3 cm³/mol. The topological polar surface area (TPSA) is 78.9 Å². The van der Waals surface area contributed by atoms with Crippen molar-refractivity contribution >= 4 is 23.3 Å². The van der Waals surface area contributed by atoms with Crippen molar-refractivity contribution in [3.05, 3.63) is 34.3 Å². The number of carbonyl (C=O) groups is 1. The van der Waals surface area contributed by atoms with Crippen molar-refractivity contribution in [3.8, 4) is 0 Å². The highest BCUT2D eigenvalue weighted by Crippen LogP contribution is 2.29. The minimum Gasteiger partial charge on any atom is -0.409 e. The van der Waals surface area contributed by atoms with Crippen molar-refractivity contribution < 1.29 is 10.0 Å². The van der Waals surface area contributed by atoms with Crippen LogP contribution in [-0.4, -0.2) is 34.4 Å². The van der Waals surface area contributed by atoms with Gasteiger partial charge in [-0.25, -0.2) is 0 Å². The van der Waals surface area contributed by atoms with E-state index in [2.05, 4.69) is 5.16 Å². The van der Waals surface area contributed by atoms with Crippen LogP contribution in [0.15, 0.2) is 23.4 Å². The molecule has 20 heavy (non-hydrogen) atoms. The molecule has 1 fully saturated rings. The molecule has 5 nitrogen and oxygen atoms in total. The first-order valence-electron chi connectivity index (χ1n) is 6.56. The van der Waals surface area contributed by atoms with Gasteiger partial charge in [-0.1, -0.05) is 22.8 Å². The highest BCUT2D eigenvalue weighted by molar-refractivity contribution is 6.31. The lowest BCUT2D eigenvalue weighted by atomic mass is 10.1. The van der Waals surface area contributed by atoms with Crippen molar-refractivity contribution in [1.82, 2.24) is 4.90 Å². The highest BCUT2D eigenvalue weighted by Gasteiger charge is 2.33. The zero-order valence-corrected chi connectivity index (χ0v) is 12.1. The number of nitrogens with two attached hydrogens (primary N) is 1. The molecule has 0 heterocycles. The van der Waals surface area contributed by atoms with Crippen LogP contribution in [0.5, 0.6) is 0 Å². The number of oxime groups is 1. The van der Waals surface area contributed by atoms with Gasteiger partial charge in [0.1, 0.15) is 5.84 Å². The molecule has 3 N–H and O–H groups in total. The first-order valence-corrected chi connectivity index (χ1v) is 6.94. The van der Waals surface area contributed by atoms with E-state index >= 15 is 0 Å².